The van der Waals surface area contributed by atoms with Crippen LogP contribution < -0.4 is 5.32 Å². The van der Waals surface area contributed by atoms with Crippen LogP contribution in [0.25, 0.3) is 0 Å². The van der Waals surface area contributed by atoms with Crippen LogP contribution in [-0.4, -0.2) is 16.8 Å². The Kier molecular flexibility index (Phi) is 3.08. The molecule has 1 aliphatic heterocycles. The third-order valence-corrected chi connectivity index (χ3v) is 3.85. The molecule has 2 rings (SSSR count). The van der Waals surface area contributed by atoms with Gasteiger partial charge in [-0.1, -0.05) is 13.0 Å². The first-order chi connectivity index (χ1) is 6.79. The number of aryl methyl sites for hydroxylation is 1. The molecular formula is C11H16N2S. The van der Waals surface area contributed by atoms with E-state index in [-0.39, 0.29) is 0 Å². The van der Waals surface area contributed by atoms with E-state index in [1.54, 1.807) is 0 Å². The third kappa shape index (κ3) is 2.10. The molecule has 2 atom stereocenters. The van der Waals surface area contributed by atoms with Gasteiger partial charge in [0.1, 0.15) is 0 Å². The molecule has 0 spiro atoms. The van der Waals surface area contributed by atoms with Crippen molar-refractivity contribution in [1.82, 2.24) is 10.3 Å². The summed E-state index contributed by atoms with van der Waals surface area (Å²) in [5.41, 5.74) is 2.39. The molecule has 1 aromatic rings. The summed E-state index contributed by atoms with van der Waals surface area (Å²) >= 11 is 1.96. The first-order valence-corrected chi connectivity index (χ1v) is 6.14. The van der Waals surface area contributed by atoms with Crippen LogP contribution >= 0.6 is 11.8 Å². The van der Waals surface area contributed by atoms with Crippen LogP contribution in [0.1, 0.15) is 30.0 Å². The van der Waals surface area contributed by atoms with Crippen molar-refractivity contribution in [2.75, 3.05) is 5.75 Å². The normalized spacial score (nSPS) is 26.7. The van der Waals surface area contributed by atoms with Gasteiger partial charge in [0.2, 0.25) is 0 Å². The Balaban J connectivity index is 2.06. The minimum Gasteiger partial charge on any atom is -0.297 e. The van der Waals surface area contributed by atoms with Crippen molar-refractivity contribution in [3.63, 3.8) is 0 Å². The highest BCUT2D eigenvalue weighted by atomic mass is 32.2. The second-order valence-corrected chi connectivity index (χ2v) is 4.88. The number of pyridine rings is 1. The van der Waals surface area contributed by atoms with Crippen molar-refractivity contribution in [1.29, 1.82) is 0 Å². The summed E-state index contributed by atoms with van der Waals surface area (Å²) in [6.07, 6.45) is 3.15. The molecule has 2 heterocycles. The van der Waals surface area contributed by atoms with Gasteiger partial charge in [-0.05, 0) is 25.0 Å². The van der Waals surface area contributed by atoms with Crippen LogP contribution in [0.15, 0.2) is 18.3 Å². The summed E-state index contributed by atoms with van der Waals surface area (Å²) in [6.45, 7) is 4.30. The van der Waals surface area contributed by atoms with Crippen LogP contribution in [0.3, 0.4) is 0 Å². The van der Waals surface area contributed by atoms with E-state index in [0.717, 1.165) is 5.69 Å². The van der Waals surface area contributed by atoms with Crippen LogP contribution in [-0.2, 0) is 0 Å². The number of nitrogens with zero attached hydrogens (tertiary/aromatic N) is 1. The topological polar surface area (TPSA) is 24.9 Å². The highest BCUT2D eigenvalue weighted by Crippen LogP contribution is 2.32. The van der Waals surface area contributed by atoms with E-state index < -0.39 is 0 Å². The zero-order valence-electron chi connectivity index (χ0n) is 8.66. The summed E-state index contributed by atoms with van der Waals surface area (Å²) in [4.78, 5) is 4.45. The summed E-state index contributed by atoms with van der Waals surface area (Å²) in [6, 6.07) is 4.91. The van der Waals surface area contributed by atoms with Crippen molar-refractivity contribution in [2.24, 2.45) is 0 Å². The predicted molar refractivity (Wildman–Crippen MR) is 61.4 cm³/mol. The molecule has 0 bridgehead atoms. The third-order valence-electron chi connectivity index (χ3n) is 2.55. The lowest BCUT2D eigenvalue weighted by Crippen LogP contribution is -2.25. The van der Waals surface area contributed by atoms with Crippen molar-refractivity contribution >= 4 is 11.8 Å². The smallest absolute Gasteiger partial charge is 0.0964 e. The molecule has 0 aromatic carbocycles. The molecule has 76 valence electrons. The molecule has 3 heteroatoms. The molecule has 1 fully saturated rings. The Morgan fingerprint density at radius 3 is 3.00 bits per heavy atom. The average Bonchev–Trinajstić information content (AvgIpc) is 2.67. The molecule has 1 aliphatic rings. The highest BCUT2D eigenvalue weighted by Gasteiger charge is 2.24. The Morgan fingerprint density at radius 2 is 2.43 bits per heavy atom. The molecule has 14 heavy (non-hydrogen) atoms. The minimum absolute atomic E-state index is 0.403. The van der Waals surface area contributed by atoms with Gasteiger partial charge in [-0.3, -0.25) is 10.3 Å². The van der Waals surface area contributed by atoms with Crippen molar-refractivity contribution in [2.45, 2.75) is 31.7 Å². The van der Waals surface area contributed by atoms with E-state index in [2.05, 4.69) is 36.3 Å². The van der Waals surface area contributed by atoms with Gasteiger partial charge in [0, 0.05) is 18.0 Å². The van der Waals surface area contributed by atoms with Crippen molar-refractivity contribution in [3.8, 4) is 0 Å². The van der Waals surface area contributed by atoms with Gasteiger partial charge < -0.3 is 0 Å². The number of thioether (sulfide) groups is 1. The van der Waals surface area contributed by atoms with Gasteiger partial charge >= 0.3 is 0 Å². The predicted octanol–water partition coefficient (Wildman–Crippen LogP) is 2.50. The molecular weight excluding hydrogens is 192 g/mol. The lowest BCUT2D eigenvalue weighted by atomic mass is 10.2. The fourth-order valence-electron chi connectivity index (χ4n) is 1.56. The number of hydrogen-bond acceptors (Lipinski definition) is 3. The molecule has 0 aliphatic carbocycles. The van der Waals surface area contributed by atoms with E-state index in [9.17, 15) is 0 Å². The number of hydrogen-bond donors (Lipinski definition) is 1. The van der Waals surface area contributed by atoms with E-state index in [1.807, 2.05) is 18.0 Å². The van der Waals surface area contributed by atoms with Crippen molar-refractivity contribution in [3.05, 3.63) is 29.6 Å². The summed E-state index contributed by atoms with van der Waals surface area (Å²) in [7, 11) is 0. The second kappa shape index (κ2) is 4.32. The van der Waals surface area contributed by atoms with Gasteiger partial charge in [-0.15, -0.1) is 11.8 Å². The van der Waals surface area contributed by atoms with Crippen molar-refractivity contribution < 1.29 is 0 Å². The monoisotopic (exact) mass is 208 g/mol. The molecule has 0 radical (unpaired) electrons. The van der Waals surface area contributed by atoms with Gasteiger partial charge in [-0.25, -0.2) is 0 Å². The molecule has 2 unspecified atom stereocenters. The first kappa shape index (κ1) is 9.99. The number of rotatable bonds is 2. The fraction of sp³-hybridized carbons (Fsp3) is 0.545. The molecule has 1 saturated heterocycles. The molecule has 1 aromatic heterocycles. The Bertz CT molecular complexity index is 297. The summed E-state index contributed by atoms with van der Waals surface area (Å²) in [5, 5.41) is 3.98. The second-order valence-electron chi connectivity index (χ2n) is 3.75. The SMILES string of the molecule is CCC1CSC(c2ccc(C)cn2)N1. The van der Waals surface area contributed by atoms with Crippen LogP contribution in [0, 0.1) is 6.92 Å². The van der Waals surface area contributed by atoms with Crippen LogP contribution in [0.4, 0.5) is 0 Å². The van der Waals surface area contributed by atoms with E-state index in [0.29, 0.717) is 11.4 Å². The molecule has 1 N–H and O–H groups in total. The van der Waals surface area contributed by atoms with Gasteiger partial charge in [0.05, 0.1) is 11.1 Å². The minimum atomic E-state index is 0.403. The highest BCUT2D eigenvalue weighted by molar-refractivity contribution is 7.99. The zero-order valence-corrected chi connectivity index (χ0v) is 9.47. The summed E-state index contributed by atoms with van der Waals surface area (Å²) < 4.78 is 0. The Morgan fingerprint density at radius 1 is 1.57 bits per heavy atom. The van der Waals surface area contributed by atoms with Gasteiger partial charge in [0.15, 0.2) is 0 Å². The van der Waals surface area contributed by atoms with E-state index in [4.69, 9.17) is 0 Å². The van der Waals surface area contributed by atoms with Gasteiger partial charge in [-0.2, -0.15) is 0 Å². The quantitative estimate of drug-likeness (QED) is 0.808. The lowest BCUT2D eigenvalue weighted by molar-refractivity contribution is 0.556. The fourth-order valence-corrected chi connectivity index (χ4v) is 2.92. The van der Waals surface area contributed by atoms with E-state index in [1.165, 1.54) is 17.7 Å². The van der Waals surface area contributed by atoms with Crippen LogP contribution in [0.2, 0.25) is 0 Å². The molecule has 0 saturated carbocycles. The molecule has 2 nitrogen and oxygen atoms in total. The maximum absolute atomic E-state index is 4.45. The average molecular weight is 208 g/mol. The number of aromatic nitrogens is 1. The molecule has 0 amide bonds. The van der Waals surface area contributed by atoms with Crippen LogP contribution in [0.5, 0.6) is 0 Å². The maximum atomic E-state index is 4.45. The number of nitrogens with one attached hydrogen (secondary N) is 1. The maximum Gasteiger partial charge on any atom is 0.0964 e. The first-order valence-electron chi connectivity index (χ1n) is 5.10. The largest absolute Gasteiger partial charge is 0.297 e. The van der Waals surface area contributed by atoms with Gasteiger partial charge in [0.25, 0.3) is 0 Å². The standard InChI is InChI=1S/C11H16N2S/c1-3-9-7-14-11(13-9)10-5-4-8(2)6-12-10/h4-6,9,11,13H,3,7H2,1-2H3. The van der Waals surface area contributed by atoms with E-state index >= 15 is 0 Å². The zero-order chi connectivity index (χ0) is 9.97. The lowest BCUT2D eigenvalue weighted by Gasteiger charge is -2.11. The Hall–Kier alpha value is -0.540. The summed E-state index contributed by atoms with van der Waals surface area (Å²) in [5.74, 6) is 1.21. The Labute approximate surface area is 89.5 Å².